The van der Waals surface area contributed by atoms with Gasteiger partial charge in [-0.25, -0.2) is 0 Å². The molecule has 0 atom stereocenters. The van der Waals surface area contributed by atoms with Gasteiger partial charge in [-0.05, 0) is 30.7 Å². The summed E-state index contributed by atoms with van der Waals surface area (Å²) in [5.74, 6) is 1.16. The Labute approximate surface area is 120 Å². The molecule has 0 fully saturated rings. The minimum Gasteiger partial charge on any atom is -0.506 e. The number of aromatic hydroxyl groups is 1. The molecule has 100 valence electrons. The highest BCUT2D eigenvalue weighted by atomic mass is 32.1. The van der Waals surface area contributed by atoms with Gasteiger partial charge in [0, 0.05) is 17.5 Å². The Morgan fingerprint density at radius 3 is 3.05 bits per heavy atom. The lowest BCUT2D eigenvalue weighted by Gasteiger charge is -2.07. The van der Waals surface area contributed by atoms with Crippen LogP contribution in [-0.2, 0) is 6.54 Å². The molecule has 0 bridgehead atoms. The van der Waals surface area contributed by atoms with E-state index < -0.39 is 0 Å². The summed E-state index contributed by atoms with van der Waals surface area (Å²) in [6, 6.07) is 11.7. The van der Waals surface area contributed by atoms with Crippen molar-refractivity contribution in [1.29, 1.82) is 0 Å². The number of rotatable bonds is 0. The van der Waals surface area contributed by atoms with Gasteiger partial charge in [0.2, 0.25) is 0 Å². The first kappa shape index (κ1) is 11.6. The van der Waals surface area contributed by atoms with Crippen LogP contribution in [0.15, 0.2) is 36.4 Å². The van der Waals surface area contributed by atoms with Crippen LogP contribution in [0.1, 0.15) is 11.1 Å². The van der Waals surface area contributed by atoms with Gasteiger partial charge in [-0.2, -0.15) is 0 Å². The minimum absolute atomic E-state index is 0.314. The quantitative estimate of drug-likeness (QED) is 0.632. The van der Waals surface area contributed by atoms with E-state index >= 15 is 0 Å². The molecule has 3 nitrogen and oxygen atoms in total. The van der Waals surface area contributed by atoms with Gasteiger partial charge in [-0.15, -0.1) is 0 Å². The summed E-state index contributed by atoms with van der Waals surface area (Å²) < 4.78 is 6.95. The van der Waals surface area contributed by atoms with Gasteiger partial charge in [-0.1, -0.05) is 29.5 Å². The highest BCUT2D eigenvalue weighted by Gasteiger charge is 2.20. The second-order valence-corrected chi connectivity index (χ2v) is 5.96. The summed E-state index contributed by atoms with van der Waals surface area (Å²) in [5.41, 5.74) is 3.28. The molecule has 1 aliphatic rings. The van der Waals surface area contributed by atoms with E-state index in [2.05, 4.69) is 11.4 Å². The van der Waals surface area contributed by atoms with E-state index in [1.54, 1.807) is 6.07 Å². The van der Waals surface area contributed by atoms with Crippen LogP contribution in [0.2, 0.25) is 0 Å². The second-order valence-electron chi connectivity index (χ2n) is 4.98. The number of thiophene rings is 1. The summed E-state index contributed by atoms with van der Waals surface area (Å²) in [6.07, 6.45) is 0. The fourth-order valence-electron chi connectivity index (χ4n) is 2.53. The lowest BCUT2D eigenvalue weighted by molar-refractivity contribution is 0.482. The molecule has 0 amide bonds. The third-order valence-corrected chi connectivity index (χ3v) is 4.70. The first-order chi connectivity index (χ1) is 9.72. The topological polar surface area (TPSA) is 41.5 Å². The van der Waals surface area contributed by atoms with Gasteiger partial charge >= 0.3 is 0 Å². The van der Waals surface area contributed by atoms with Crippen molar-refractivity contribution in [1.82, 2.24) is 0 Å². The predicted molar refractivity (Wildman–Crippen MR) is 82.1 cm³/mol. The number of fused-ring (bicyclic) bond motifs is 4. The van der Waals surface area contributed by atoms with Crippen LogP contribution >= 0.6 is 11.3 Å². The van der Waals surface area contributed by atoms with E-state index in [4.69, 9.17) is 4.74 Å². The van der Waals surface area contributed by atoms with E-state index in [1.807, 2.05) is 31.2 Å². The molecule has 0 saturated carbocycles. The molecule has 2 heterocycles. The summed E-state index contributed by atoms with van der Waals surface area (Å²) in [6.45, 7) is 2.75. The average Bonchev–Trinajstić information content (AvgIpc) is 2.68. The van der Waals surface area contributed by atoms with Crippen molar-refractivity contribution in [3.63, 3.8) is 0 Å². The normalized spacial score (nSPS) is 13.1. The Morgan fingerprint density at radius 2 is 2.15 bits per heavy atom. The number of phenols is 1. The number of ether oxygens (including phenoxy) is 1. The molecule has 1 aliphatic heterocycles. The molecular formula is C16H13NO2S. The zero-order valence-corrected chi connectivity index (χ0v) is 11.8. The molecule has 2 N–H and O–H groups in total. The Balaban J connectivity index is 1.92. The maximum Gasteiger partial charge on any atom is 0.187 e. The molecule has 0 unspecified atom stereocenters. The van der Waals surface area contributed by atoms with Crippen molar-refractivity contribution >= 4 is 27.1 Å². The Kier molecular flexibility index (Phi) is 2.41. The Bertz CT molecular complexity index is 823. The second kappa shape index (κ2) is 4.15. The Hall–Kier alpha value is -2.20. The van der Waals surface area contributed by atoms with Gasteiger partial charge in [0.25, 0.3) is 0 Å². The summed E-state index contributed by atoms with van der Waals surface area (Å²) in [4.78, 5) is 0. The zero-order chi connectivity index (χ0) is 13.7. The van der Waals surface area contributed by atoms with Crippen LogP contribution in [0.25, 0.3) is 10.1 Å². The van der Waals surface area contributed by atoms with Crippen molar-refractivity contribution in [2.75, 3.05) is 5.32 Å². The van der Waals surface area contributed by atoms with Crippen LogP contribution in [0.4, 0.5) is 5.69 Å². The van der Waals surface area contributed by atoms with Crippen molar-refractivity contribution < 1.29 is 9.84 Å². The lowest BCUT2D eigenvalue weighted by Crippen LogP contribution is -1.96. The standard InChI is InChI=1S/C16H13NO2S/c1-9-5-6-12-14(7-9)19-16-11(8-17-12)10-3-2-4-13(18)15(10)20-16/h2-7,17-18H,8H2,1H3. The molecule has 0 radical (unpaired) electrons. The maximum absolute atomic E-state index is 9.96. The number of phenolic OH excluding ortho intramolecular Hbond substituents is 1. The van der Waals surface area contributed by atoms with E-state index in [9.17, 15) is 5.11 Å². The largest absolute Gasteiger partial charge is 0.506 e. The number of aryl methyl sites for hydroxylation is 1. The SMILES string of the molecule is Cc1ccc2c(c1)Oc1sc3c(O)cccc3c1CN2. The third kappa shape index (κ3) is 1.65. The number of benzene rings is 2. The summed E-state index contributed by atoms with van der Waals surface area (Å²) in [7, 11) is 0. The zero-order valence-electron chi connectivity index (χ0n) is 10.9. The number of hydrogen-bond donors (Lipinski definition) is 2. The first-order valence-electron chi connectivity index (χ1n) is 6.48. The van der Waals surface area contributed by atoms with Crippen molar-refractivity contribution in [3.05, 3.63) is 47.5 Å². The predicted octanol–water partition coefficient (Wildman–Crippen LogP) is 4.63. The molecule has 4 rings (SSSR count). The smallest absolute Gasteiger partial charge is 0.187 e. The molecule has 3 aromatic rings. The van der Waals surface area contributed by atoms with Gasteiger partial charge in [0.15, 0.2) is 10.8 Å². The molecular weight excluding hydrogens is 270 g/mol. The van der Waals surface area contributed by atoms with Crippen LogP contribution in [0.5, 0.6) is 16.6 Å². The minimum atomic E-state index is 0.314. The summed E-state index contributed by atoms with van der Waals surface area (Å²) >= 11 is 1.50. The average molecular weight is 283 g/mol. The first-order valence-corrected chi connectivity index (χ1v) is 7.30. The molecule has 0 saturated heterocycles. The molecule has 0 spiro atoms. The number of hydrogen-bond acceptors (Lipinski definition) is 4. The van der Waals surface area contributed by atoms with E-state index in [0.717, 1.165) is 37.7 Å². The van der Waals surface area contributed by atoms with Crippen molar-refractivity contribution in [3.8, 4) is 16.6 Å². The van der Waals surface area contributed by atoms with Gasteiger partial charge in [0.05, 0.1) is 10.4 Å². The van der Waals surface area contributed by atoms with E-state index in [0.29, 0.717) is 12.3 Å². The maximum atomic E-state index is 9.96. The van der Waals surface area contributed by atoms with E-state index in [-0.39, 0.29) is 0 Å². The van der Waals surface area contributed by atoms with Crippen molar-refractivity contribution in [2.24, 2.45) is 0 Å². The van der Waals surface area contributed by atoms with Crippen LogP contribution < -0.4 is 10.1 Å². The fourth-order valence-corrected chi connectivity index (χ4v) is 3.62. The van der Waals surface area contributed by atoms with E-state index in [1.165, 1.54) is 11.3 Å². The van der Waals surface area contributed by atoms with Crippen molar-refractivity contribution in [2.45, 2.75) is 13.5 Å². The highest BCUT2D eigenvalue weighted by Crippen LogP contribution is 2.46. The molecule has 0 aliphatic carbocycles. The van der Waals surface area contributed by atoms with Gasteiger partial charge < -0.3 is 15.2 Å². The number of nitrogens with one attached hydrogen (secondary N) is 1. The molecule has 20 heavy (non-hydrogen) atoms. The molecule has 1 aromatic heterocycles. The lowest BCUT2D eigenvalue weighted by atomic mass is 10.1. The molecule has 4 heteroatoms. The van der Waals surface area contributed by atoms with Crippen LogP contribution in [-0.4, -0.2) is 5.11 Å². The highest BCUT2D eigenvalue weighted by molar-refractivity contribution is 7.21. The van der Waals surface area contributed by atoms with Gasteiger partial charge in [-0.3, -0.25) is 0 Å². The Morgan fingerprint density at radius 1 is 1.25 bits per heavy atom. The van der Waals surface area contributed by atoms with Crippen LogP contribution in [0, 0.1) is 6.92 Å². The monoisotopic (exact) mass is 283 g/mol. The molecule has 2 aromatic carbocycles. The third-order valence-electron chi connectivity index (χ3n) is 3.56. The fraction of sp³-hybridized carbons (Fsp3) is 0.125. The summed E-state index contributed by atoms with van der Waals surface area (Å²) in [5, 5.41) is 15.3. The number of anilines is 1. The van der Waals surface area contributed by atoms with Gasteiger partial charge in [0.1, 0.15) is 5.75 Å². The van der Waals surface area contributed by atoms with Crippen LogP contribution in [0.3, 0.4) is 0 Å².